The quantitative estimate of drug-likeness (QED) is 0.887. The summed E-state index contributed by atoms with van der Waals surface area (Å²) in [4.78, 5) is 15.6. The van der Waals surface area contributed by atoms with Gasteiger partial charge in [-0.2, -0.15) is 0 Å². The van der Waals surface area contributed by atoms with Crippen molar-refractivity contribution in [1.82, 2.24) is 10.2 Å². The minimum atomic E-state index is 0.260. The molecule has 3 nitrogen and oxygen atoms in total. The molecule has 1 saturated heterocycles. The smallest absolute Gasteiger partial charge is 0.228 e. The maximum Gasteiger partial charge on any atom is 0.228 e. The Morgan fingerprint density at radius 1 is 1.65 bits per heavy atom. The lowest BCUT2D eigenvalue weighted by atomic mass is 10.1. The summed E-state index contributed by atoms with van der Waals surface area (Å²) >= 11 is 1.66. The summed E-state index contributed by atoms with van der Waals surface area (Å²) in [6, 6.07) is 4.70. The molecule has 1 amide bonds. The zero-order chi connectivity index (χ0) is 12.3. The molecule has 0 saturated carbocycles. The summed E-state index contributed by atoms with van der Waals surface area (Å²) in [5, 5.41) is 5.36. The van der Waals surface area contributed by atoms with E-state index in [1.54, 1.807) is 11.3 Å². The van der Waals surface area contributed by atoms with Crippen LogP contribution in [0.5, 0.6) is 0 Å². The average Bonchev–Trinajstić information content (AvgIpc) is 2.89. The molecule has 2 rings (SSSR count). The number of nitrogens with one attached hydrogen (secondary N) is 1. The maximum absolute atomic E-state index is 12.3. The number of hydrogen-bond donors (Lipinski definition) is 1. The number of hydrogen-bond acceptors (Lipinski definition) is 3. The zero-order valence-electron chi connectivity index (χ0n) is 10.5. The Morgan fingerprint density at radius 2 is 2.47 bits per heavy atom. The molecule has 1 aromatic heterocycles. The van der Waals surface area contributed by atoms with Crippen molar-refractivity contribution in [2.45, 2.75) is 38.8 Å². The molecule has 1 unspecified atom stereocenters. The van der Waals surface area contributed by atoms with Crippen molar-refractivity contribution in [2.24, 2.45) is 0 Å². The molecular formula is C13H20N2OS. The zero-order valence-corrected chi connectivity index (χ0v) is 11.3. The van der Waals surface area contributed by atoms with Gasteiger partial charge in [0.15, 0.2) is 0 Å². The van der Waals surface area contributed by atoms with Crippen molar-refractivity contribution < 1.29 is 4.79 Å². The molecular weight excluding hydrogens is 232 g/mol. The van der Waals surface area contributed by atoms with Crippen LogP contribution in [-0.2, 0) is 11.2 Å². The summed E-state index contributed by atoms with van der Waals surface area (Å²) in [6.45, 7) is 6.17. The summed E-state index contributed by atoms with van der Waals surface area (Å²) in [5.74, 6) is 0.260. The standard InChI is InChI=1S/C13H20N2OS/c1-10(2)15(11-5-6-14-9-11)13(16)8-12-4-3-7-17-12/h3-4,7,10-11,14H,5-6,8-9H2,1-2H3. The minimum Gasteiger partial charge on any atom is -0.336 e. The molecule has 2 heterocycles. The van der Waals surface area contributed by atoms with E-state index in [0.29, 0.717) is 12.5 Å². The second-order valence-electron chi connectivity index (χ2n) is 4.80. The number of carbonyl (C=O) groups excluding carboxylic acids is 1. The summed E-state index contributed by atoms with van der Waals surface area (Å²) in [7, 11) is 0. The highest BCUT2D eigenvalue weighted by Gasteiger charge is 2.28. The molecule has 0 radical (unpaired) electrons. The Labute approximate surface area is 107 Å². The lowest BCUT2D eigenvalue weighted by Crippen LogP contribution is -2.46. The molecule has 0 aromatic carbocycles. The van der Waals surface area contributed by atoms with Crippen LogP contribution in [0.3, 0.4) is 0 Å². The van der Waals surface area contributed by atoms with E-state index in [-0.39, 0.29) is 11.9 Å². The SMILES string of the molecule is CC(C)N(C(=O)Cc1cccs1)C1CCNC1. The van der Waals surface area contributed by atoms with Crippen LogP contribution in [0.25, 0.3) is 0 Å². The number of carbonyl (C=O) groups is 1. The van der Waals surface area contributed by atoms with Gasteiger partial charge in [0.25, 0.3) is 0 Å². The molecule has 1 N–H and O–H groups in total. The van der Waals surface area contributed by atoms with Crippen LogP contribution < -0.4 is 5.32 Å². The first kappa shape index (κ1) is 12.6. The minimum absolute atomic E-state index is 0.260. The van der Waals surface area contributed by atoms with Crippen LogP contribution in [0.2, 0.25) is 0 Å². The Hall–Kier alpha value is -0.870. The Kier molecular flexibility index (Phi) is 4.18. The molecule has 0 aliphatic carbocycles. The summed E-state index contributed by atoms with van der Waals surface area (Å²) in [5.41, 5.74) is 0. The van der Waals surface area contributed by atoms with Crippen LogP contribution in [0.15, 0.2) is 17.5 Å². The van der Waals surface area contributed by atoms with E-state index in [1.165, 1.54) is 0 Å². The van der Waals surface area contributed by atoms with Gasteiger partial charge in [-0.25, -0.2) is 0 Å². The summed E-state index contributed by atoms with van der Waals surface area (Å²) in [6.07, 6.45) is 1.63. The van der Waals surface area contributed by atoms with Crippen LogP contribution in [0.4, 0.5) is 0 Å². The van der Waals surface area contributed by atoms with Gasteiger partial charge in [-0.3, -0.25) is 4.79 Å². The monoisotopic (exact) mass is 252 g/mol. The average molecular weight is 252 g/mol. The fourth-order valence-corrected chi connectivity index (χ4v) is 3.14. The first-order valence-electron chi connectivity index (χ1n) is 6.22. The Balaban J connectivity index is 2.02. The van der Waals surface area contributed by atoms with E-state index in [2.05, 4.69) is 24.1 Å². The van der Waals surface area contributed by atoms with Gasteiger partial charge in [0.05, 0.1) is 6.42 Å². The third-order valence-electron chi connectivity index (χ3n) is 3.18. The second kappa shape index (κ2) is 5.65. The molecule has 1 aliphatic heterocycles. The van der Waals surface area contributed by atoms with E-state index in [1.807, 2.05) is 17.5 Å². The number of amides is 1. The summed E-state index contributed by atoms with van der Waals surface area (Å²) < 4.78 is 0. The highest BCUT2D eigenvalue weighted by molar-refractivity contribution is 7.10. The fourth-order valence-electron chi connectivity index (χ4n) is 2.44. The van der Waals surface area contributed by atoms with Gasteiger partial charge in [-0.15, -0.1) is 11.3 Å². The third kappa shape index (κ3) is 3.07. The number of thiophene rings is 1. The first-order chi connectivity index (χ1) is 8.18. The van der Waals surface area contributed by atoms with Gasteiger partial charge in [0.1, 0.15) is 0 Å². The largest absolute Gasteiger partial charge is 0.336 e. The van der Waals surface area contributed by atoms with Gasteiger partial charge in [0, 0.05) is 23.5 Å². The highest BCUT2D eigenvalue weighted by atomic mass is 32.1. The van der Waals surface area contributed by atoms with E-state index in [0.717, 1.165) is 24.4 Å². The van der Waals surface area contributed by atoms with Crippen molar-refractivity contribution in [3.05, 3.63) is 22.4 Å². The van der Waals surface area contributed by atoms with Gasteiger partial charge in [-0.05, 0) is 38.3 Å². The van der Waals surface area contributed by atoms with Crippen molar-refractivity contribution >= 4 is 17.2 Å². The predicted octanol–water partition coefficient (Wildman–Crippen LogP) is 1.89. The van der Waals surface area contributed by atoms with Gasteiger partial charge in [-0.1, -0.05) is 6.07 Å². The molecule has 1 fully saturated rings. The van der Waals surface area contributed by atoms with Crippen LogP contribution >= 0.6 is 11.3 Å². The van der Waals surface area contributed by atoms with Crippen molar-refractivity contribution in [1.29, 1.82) is 0 Å². The maximum atomic E-state index is 12.3. The fraction of sp³-hybridized carbons (Fsp3) is 0.615. The normalized spacial score (nSPS) is 19.8. The van der Waals surface area contributed by atoms with Gasteiger partial charge in [0.2, 0.25) is 5.91 Å². The third-order valence-corrected chi connectivity index (χ3v) is 4.05. The molecule has 1 aromatic rings. The molecule has 0 bridgehead atoms. The second-order valence-corrected chi connectivity index (χ2v) is 5.83. The van der Waals surface area contributed by atoms with Gasteiger partial charge >= 0.3 is 0 Å². The Morgan fingerprint density at radius 3 is 3.00 bits per heavy atom. The molecule has 17 heavy (non-hydrogen) atoms. The number of nitrogens with zero attached hydrogens (tertiary/aromatic N) is 1. The van der Waals surface area contributed by atoms with Crippen molar-refractivity contribution in [3.63, 3.8) is 0 Å². The molecule has 1 aliphatic rings. The van der Waals surface area contributed by atoms with E-state index < -0.39 is 0 Å². The lowest BCUT2D eigenvalue weighted by Gasteiger charge is -2.32. The molecule has 4 heteroatoms. The first-order valence-corrected chi connectivity index (χ1v) is 7.10. The van der Waals surface area contributed by atoms with Gasteiger partial charge < -0.3 is 10.2 Å². The van der Waals surface area contributed by atoms with Crippen molar-refractivity contribution in [3.8, 4) is 0 Å². The molecule has 1 atom stereocenters. The highest BCUT2D eigenvalue weighted by Crippen LogP contribution is 2.17. The van der Waals surface area contributed by atoms with Crippen molar-refractivity contribution in [2.75, 3.05) is 13.1 Å². The Bertz CT molecular complexity index is 356. The van der Waals surface area contributed by atoms with E-state index >= 15 is 0 Å². The molecule has 0 spiro atoms. The van der Waals surface area contributed by atoms with Crippen LogP contribution in [0, 0.1) is 0 Å². The van der Waals surface area contributed by atoms with Crippen LogP contribution in [-0.4, -0.2) is 36.0 Å². The molecule has 94 valence electrons. The number of rotatable bonds is 4. The van der Waals surface area contributed by atoms with Crippen LogP contribution in [0.1, 0.15) is 25.1 Å². The lowest BCUT2D eigenvalue weighted by molar-refractivity contribution is -0.134. The van der Waals surface area contributed by atoms with E-state index in [4.69, 9.17) is 0 Å². The predicted molar refractivity (Wildman–Crippen MR) is 71.3 cm³/mol. The van der Waals surface area contributed by atoms with E-state index in [9.17, 15) is 4.79 Å². The topological polar surface area (TPSA) is 32.3 Å².